The number of carbonyl (C=O) groups is 1. The highest BCUT2D eigenvalue weighted by Crippen LogP contribution is 2.52. The normalized spacial score (nSPS) is 28.2. The highest BCUT2D eigenvalue weighted by Gasteiger charge is 2.57. The van der Waals surface area contributed by atoms with E-state index in [0.29, 0.717) is 6.61 Å². The number of ether oxygens (including phenoxy) is 1. The van der Waals surface area contributed by atoms with Crippen LogP contribution < -0.4 is 0 Å². The Morgan fingerprint density at radius 2 is 1.69 bits per heavy atom. The van der Waals surface area contributed by atoms with Gasteiger partial charge in [0.25, 0.3) is 0 Å². The molecule has 2 aliphatic heterocycles. The third-order valence-electron chi connectivity index (χ3n) is 7.04. The SMILES string of the molecule is CN(C(=O)OCc1ccccc1)N1CC2C(CN3CCN(C(C)(C)C)CC3)C2C1. The Kier molecular flexibility index (Phi) is 5.87. The first-order chi connectivity index (χ1) is 13.8. The number of hydrazine groups is 1. The van der Waals surface area contributed by atoms with E-state index in [0.717, 1.165) is 36.4 Å². The Morgan fingerprint density at radius 3 is 2.28 bits per heavy atom. The number of rotatable bonds is 5. The minimum Gasteiger partial charge on any atom is -0.444 e. The molecule has 2 saturated heterocycles. The molecule has 1 amide bonds. The van der Waals surface area contributed by atoms with Crippen LogP contribution >= 0.6 is 0 Å². The molecule has 1 aliphatic carbocycles. The molecule has 1 aromatic carbocycles. The summed E-state index contributed by atoms with van der Waals surface area (Å²) in [5.74, 6) is 2.28. The number of nitrogens with zero attached hydrogens (tertiary/aromatic N) is 4. The highest BCUT2D eigenvalue weighted by molar-refractivity contribution is 5.66. The summed E-state index contributed by atoms with van der Waals surface area (Å²) in [4.78, 5) is 17.6. The van der Waals surface area contributed by atoms with E-state index in [-0.39, 0.29) is 11.6 Å². The van der Waals surface area contributed by atoms with Crippen LogP contribution in [0.2, 0.25) is 0 Å². The van der Waals surface area contributed by atoms with Gasteiger partial charge < -0.3 is 9.64 Å². The van der Waals surface area contributed by atoms with Gasteiger partial charge >= 0.3 is 6.09 Å². The lowest BCUT2D eigenvalue weighted by atomic mass is 10.0. The summed E-state index contributed by atoms with van der Waals surface area (Å²) >= 11 is 0. The fourth-order valence-electron chi connectivity index (χ4n) is 4.97. The molecule has 0 N–H and O–H groups in total. The lowest BCUT2D eigenvalue weighted by molar-refractivity contribution is -0.00411. The molecule has 2 atom stereocenters. The van der Waals surface area contributed by atoms with Gasteiger partial charge in [0, 0.05) is 58.4 Å². The van der Waals surface area contributed by atoms with Crippen LogP contribution in [0.25, 0.3) is 0 Å². The number of amides is 1. The van der Waals surface area contributed by atoms with Gasteiger partial charge in [-0.1, -0.05) is 30.3 Å². The number of fused-ring (bicyclic) bond motifs is 1. The summed E-state index contributed by atoms with van der Waals surface area (Å²) < 4.78 is 5.47. The average Bonchev–Trinajstić information content (AvgIpc) is 3.14. The summed E-state index contributed by atoms with van der Waals surface area (Å²) in [5.41, 5.74) is 1.30. The maximum atomic E-state index is 12.4. The van der Waals surface area contributed by atoms with E-state index in [2.05, 4.69) is 35.6 Å². The number of piperazine rings is 1. The fraction of sp³-hybridized carbons (Fsp3) is 0.696. The van der Waals surface area contributed by atoms with Crippen molar-refractivity contribution in [2.45, 2.75) is 32.9 Å². The van der Waals surface area contributed by atoms with E-state index in [9.17, 15) is 4.79 Å². The Morgan fingerprint density at radius 1 is 1.07 bits per heavy atom. The van der Waals surface area contributed by atoms with Gasteiger partial charge in [0.15, 0.2) is 0 Å². The van der Waals surface area contributed by atoms with Gasteiger partial charge in [-0.25, -0.2) is 14.8 Å². The van der Waals surface area contributed by atoms with Gasteiger partial charge in [0.1, 0.15) is 6.61 Å². The van der Waals surface area contributed by atoms with Crippen molar-refractivity contribution < 1.29 is 9.53 Å². The quantitative estimate of drug-likeness (QED) is 0.760. The molecule has 4 rings (SSSR count). The molecule has 1 saturated carbocycles. The Labute approximate surface area is 175 Å². The topological polar surface area (TPSA) is 39.3 Å². The number of benzene rings is 1. The molecule has 0 bridgehead atoms. The molecular formula is C23H36N4O2. The van der Waals surface area contributed by atoms with Gasteiger partial charge in [-0.2, -0.15) is 0 Å². The highest BCUT2D eigenvalue weighted by atomic mass is 16.6. The van der Waals surface area contributed by atoms with E-state index in [1.807, 2.05) is 37.4 Å². The third kappa shape index (κ3) is 4.76. The van der Waals surface area contributed by atoms with Crippen LogP contribution in [0.4, 0.5) is 4.79 Å². The smallest absolute Gasteiger partial charge is 0.424 e. The van der Waals surface area contributed by atoms with E-state index in [1.54, 1.807) is 5.01 Å². The largest absolute Gasteiger partial charge is 0.444 e. The standard InChI is InChI=1S/C23H36N4O2/c1-23(2,3)26-12-10-25(11-13-26)14-19-20-15-27(16-21(19)20)24(4)22(28)29-17-18-8-6-5-7-9-18/h5-9,19-21H,10-17H2,1-4H3. The van der Waals surface area contributed by atoms with Gasteiger partial charge in [-0.3, -0.25) is 4.90 Å². The maximum Gasteiger partial charge on any atom is 0.424 e. The van der Waals surface area contributed by atoms with Crippen LogP contribution in [0, 0.1) is 17.8 Å². The van der Waals surface area contributed by atoms with Crippen LogP contribution in [0.1, 0.15) is 26.3 Å². The van der Waals surface area contributed by atoms with Crippen LogP contribution in [-0.2, 0) is 11.3 Å². The molecule has 3 fully saturated rings. The van der Waals surface area contributed by atoms with Crippen molar-refractivity contribution in [3.8, 4) is 0 Å². The number of hydrogen-bond acceptors (Lipinski definition) is 5. The van der Waals surface area contributed by atoms with Crippen molar-refractivity contribution in [2.24, 2.45) is 17.8 Å². The first kappa shape index (κ1) is 20.6. The predicted molar refractivity (Wildman–Crippen MR) is 114 cm³/mol. The van der Waals surface area contributed by atoms with E-state index < -0.39 is 0 Å². The molecule has 6 nitrogen and oxygen atoms in total. The predicted octanol–water partition coefficient (Wildman–Crippen LogP) is 2.76. The molecule has 1 aromatic rings. The minimum atomic E-state index is -0.259. The van der Waals surface area contributed by atoms with Crippen molar-refractivity contribution in [3.63, 3.8) is 0 Å². The average molecular weight is 401 g/mol. The molecule has 160 valence electrons. The van der Waals surface area contributed by atoms with Gasteiger partial charge in [-0.05, 0) is 44.1 Å². The van der Waals surface area contributed by atoms with Crippen LogP contribution in [0.5, 0.6) is 0 Å². The second-order valence-corrected chi connectivity index (χ2v) is 9.89. The molecule has 2 heterocycles. The van der Waals surface area contributed by atoms with Crippen molar-refractivity contribution in [3.05, 3.63) is 35.9 Å². The molecule has 2 unspecified atom stereocenters. The molecule has 6 heteroatoms. The Balaban J connectivity index is 1.17. The summed E-state index contributed by atoms with van der Waals surface area (Å²) in [6, 6.07) is 9.84. The third-order valence-corrected chi connectivity index (χ3v) is 7.04. The van der Waals surface area contributed by atoms with Crippen LogP contribution in [0.3, 0.4) is 0 Å². The fourth-order valence-corrected chi connectivity index (χ4v) is 4.97. The maximum absolute atomic E-state index is 12.4. The second-order valence-electron chi connectivity index (χ2n) is 9.89. The molecular weight excluding hydrogens is 364 g/mol. The summed E-state index contributed by atoms with van der Waals surface area (Å²) in [5, 5.41) is 3.84. The van der Waals surface area contributed by atoms with Gasteiger partial charge in [0.2, 0.25) is 0 Å². The zero-order chi connectivity index (χ0) is 20.6. The van der Waals surface area contributed by atoms with E-state index >= 15 is 0 Å². The lowest BCUT2D eigenvalue weighted by Gasteiger charge is -2.42. The Hall–Kier alpha value is -1.63. The van der Waals surface area contributed by atoms with E-state index in [1.165, 1.54) is 32.7 Å². The monoisotopic (exact) mass is 400 g/mol. The number of carbonyl (C=O) groups excluding carboxylic acids is 1. The molecule has 0 aromatic heterocycles. The van der Waals surface area contributed by atoms with Crippen LogP contribution in [-0.4, -0.2) is 84.3 Å². The lowest BCUT2D eigenvalue weighted by Crippen LogP contribution is -2.53. The minimum absolute atomic E-state index is 0.259. The van der Waals surface area contributed by atoms with Crippen molar-refractivity contribution in [2.75, 3.05) is 52.9 Å². The second kappa shape index (κ2) is 8.25. The Bertz CT molecular complexity index is 685. The number of hydrogen-bond donors (Lipinski definition) is 0. The molecule has 0 radical (unpaired) electrons. The summed E-state index contributed by atoms with van der Waals surface area (Å²) in [7, 11) is 1.83. The molecule has 0 spiro atoms. The van der Waals surface area contributed by atoms with E-state index in [4.69, 9.17) is 4.74 Å². The summed E-state index contributed by atoms with van der Waals surface area (Å²) in [6.45, 7) is 15.2. The number of piperidine rings is 1. The van der Waals surface area contributed by atoms with Crippen molar-refractivity contribution in [1.29, 1.82) is 0 Å². The van der Waals surface area contributed by atoms with Crippen molar-refractivity contribution in [1.82, 2.24) is 19.8 Å². The van der Waals surface area contributed by atoms with Crippen LogP contribution in [0.15, 0.2) is 30.3 Å². The first-order valence-electron chi connectivity index (χ1n) is 11.0. The zero-order valence-electron chi connectivity index (χ0n) is 18.4. The first-order valence-corrected chi connectivity index (χ1v) is 11.0. The summed E-state index contributed by atoms with van der Waals surface area (Å²) in [6.07, 6.45) is -0.259. The van der Waals surface area contributed by atoms with Crippen molar-refractivity contribution >= 4 is 6.09 Å². The molecule has 29 heavy (non-hydrogen) atoms. The zero-order valence-corrected chi connectivity index (χ0v) is 18.4. The van der Waals surface area contributed by atoms with Gasteiger partial charge in [-0.15, -0.1) is 0 Å². The molecule has 3 aliphatic rings. The van der Waals surface area contributed by atoms with Gasteiger partial charge in [0.05, 0.1) is 0 Å².